The van der Waals surface area contributed by atoms with E-state index in [1.165, 1.54) is 29.6 Å². The molecular formula is C16H19ClN4O4S. The van der Waals surface area contributed by atoms with Crippen LogP contribution in [0.2, 0.25) is 5.02 Å². The zero-order chi connectivity index (χ0) is 18.9. The van der Waals surface area contributed by atoms with Crippen LogP contribution in [0.1, 0.15) is 22.2 Å². The van der Waals surface area contributed by atoms with Gasteiger partial charge in [0, 0.05) is 44.1 Å². The molecule has 1 aromatic carbocycles. The lowest BCUT2D eigenvalue weighted by molar-refractivity contribution is 0.0600. The van der Waals surface area contributed by atoms with Gasteiger partial charge in [-0.05, 0) is 18.2 Å². The predicted octanol–water partition coefficient (Wildman–Crippen LogP) is 1.20. The van der Waals surface area contributed by atoms with Crippen LogP contribution in [0.15, 0.2) is 35.5 Å². The number of benzene rings is 1. The van der Waals surface area contributed by atoms with E-state index in [2.05, 4.69) is 15.0 Å². The van der Waals surface area contributed by atoms with Crippen molar-refractivity contribution in [2.75, 3.05) is 26.7 Å². The number of aromatic nitrogens is 2. The highest BCUT2D eigenvalue weighted by Crippen LogP contribution is 2.30. The third-order valence-electron chi connectivity index (χ3n) is 4.25. The Morgan fingerprint density at radius 2 is 2.15 bits per heavy atom. The molecule has 0 aliphatic carbocycles. The lowest BCUT2D eigenvalue weighted by Crippen LogP contribution is -2.49. The van der Waals surface area contributed by atoms with E-state index in [1.54, 1.807) is 17.0 Å². The molecule has 0 saturated carbocycles. The van der Waals surface area contributed by atoms with E-state index in [0.29, 0.717) is 18.9 Å². The molecule has 0 spiro atoms. The zero-order valence-electron chi connectivity index (χ0n) is 14.3. The zero-order valence-corrected chi connectivity index (χ0v) is 15.9. The summed E-state index contributed by atoms with van der Waals surface area (Å²) in [6, 6.07) is 3.53. The van der Waals surface area contributed by atoms with E-state index >= 15 is 0 Å². The van der Waals surface area contributed by atoms with Gasteiger partial charge in [0.2, 0.25) is 10.0 Å². The van der Waals surface area contributed by atoms with E-state index in [9.17, 15) is 13.2 Å². The van der Waals surface area contributed by atoms with Gasteiger partial charge >= 0.3 is 5.97 Å². The Morgan fingerprint density at radius 1 is 1.38 bits per heavy atom. The number of nitrogens with zero attached hydrogens (tertiary/aromatic N) is 3. The van der Waals surface area contributed by atoms with Gasteiger partial charge in [-0.3, -0.25) is 0 Å². The fourth-order valence-electron chi connectivity index (χ4n) is 2.97. The van der Waals surface area contributed by atoms with Gasteiger partial charge in [0.05, 0.1) is 23.6 Å². The third kappa shape index (κ3) is 3.48. The number of carbonyl (C=O) groups excluding carboxylic acids is 1. The van der Waals surface area contributed by atoms with Gasteiger partial charge in [-0.15, -0.1) is 0 Å². The lowest BCUT2D eigenvalue weighted by atomic mass is 10.2. The molecule has 26 heavy (non-hydrogen) atoms. The number of piperazine rings is 1. The van der Waals surface area contributed by atoms with Crippen molar-refractivity contribution in [3.8, 4) is 0 Å². The Morgan fingerprint density at radius 3 is 2.81 bits per heavy atom. The second-order valence-electron chi connectivity index (χ2n) is 5.90. The smallest absolute Gasteiger partial charge is 0.337 e. The molecule has 1 fully saturated rings. The number of esters is 1. The summed E-state index contributed by atoms with van der Waals surface area (Å²) in [5.41, 5.74) is 0.0854. The van der Waals surface area contributed by atoms with Crippen molar-refractivity contribution in [1.82, 2.24) is 19.2 Å². The van der Waals surface area contributed by atoms with Crippen molar-refractivity contribution in [3.63, 3.8) is 0 Å². The number of sulfonamides is 1. The van der Waals surface area contributed by atoms with Gasteiger partial charge < -0.3 is 14.6 Å². The minimum absolute atomic E-state index is 0.0495. The Hall–Kier alpha value is -1.94. The second-order valence-corrected chi connectivity index (χ2v) is 8.23. The van der Waals surface area contributed by atoms with E-state index < -0.39 is 22.0 Å². The molecule has 1 saturated heterocycles. The lowest BCUT2D eigenvalue weighted by Gasteiger charge is -2.34. The molecule has 3 rings (SSSR count). The summed E-state index contributed by atoms with van der Waals surface area (Å²) in [6.45, 7) is 1.24. The average Bonchev–Trinajstić information content (AvgIpc) is 3.06. The van der Waals surface area contributed by atoms with Crippen LogP contribution in [-0.2, 0) is 21.8 Å². The highest BCUT2D eigenvalue weighted by Gasteiger charge is 2.36. The molecule has 140 valence electrons. The van der Waals surface area contributed by atoms with Crippen LogP contribution >= 0.6 is 11.6 Å². The topological polar surface area (TPSA) is 93.5 Å². The van der Waals surface area contributed by atoms with Crippen molar-refractivity contribution in [3.05, 3.63) is 47.0 Å². The summed E-state index contributed by atoms with van der Waals surface area (Å²) in [5, 5.41) is 3.34. The number of hydrogen-bond donors (Lipinski definition) is 1. The maximum atomic E-state index is 13.3. The highest BCUT2D eigenvalue weighted by atomic mass is 35.5. The maximum Gasteiger partial charge on any atom is 0.337 e. The number of halogens is 1. The molecule has 0 radical (unpaired) electrons. The molecule has 10 heteroatoms. The van der Waals surface area contributed by atoms with Crippen LogP contribution in [0.5, 0.6) is 0 Å². The number of hydrogen-bond acceptors (Lipinski definition) is 6. The number of carbonyl (C=O) groups is 1. The van der Waals surface area contributed by atoms with Crippen LogP contribution in [0, 0.1) is 0 Å². The van der Waals surface area contributed by atoms with Crippen molar-refractivity contribution < 1.29 is 17.9 Å². The Kier molecular flexibility index (Phi) is 5.33. The van der Waals surface area contributed by atoms with Gasteiger partial charge in [0.25, 0.3) is 0 Å². The molecule has 8 nitrogen and oxygen atoms in total. The first kappa shape index (κ1) is 18.8. The van der Waals surface area contributed by atoms with Gasteiger partial charge in [-0.2, -0.15) is 4.31 Å². The number of rotatable bonds is 4. The number of nitrogens with one attached hydrogen (secondary N) is 1. The summed E-state index contributed by atoms with van der Waals surface area (Å²) in [6.07, 6.45) is 3.40. The van der Waals surface area contributed by atoms with Crippen molar-refractivity contribution >= 4 is 27.6 Å². The van der Waals surface area contributed by atoms with E-state index in [4.69, 9.17) is 11.6 Å². The first-order chi connectivity index (χ1) is 12.3. The molecule has 1 unspecified atom stereocenters. The molecule has 1 atom stereocenters. The summed E-state index contributed by atoms with van der Waals surface area (Å²) in [5.74, 6) is -0.0130. The van der Waals surface area contributed by atoms with E-state index in [-0.39, 0.29) is 22.0 Å². The van der Waals surface area contributed by atoms with Crippen molar-refractivity contribution in [2.45, 2.75) is 10.9 Å². The van der Waals surface area contributed by atoms with Gasteiger partial charge in [0.1, 0.15) is 5.82 Å². The van der Waals surface area contributed by atoms with E-state index in [0.717, 1.165) is 0 Å². The summed E-state index contributed by atoms with van der Waals surface area (Å²) >= 11 is 6.04. The molecule has 1 aliphatic heterocycles. The minimum Gasteiger partial charge on any atom is -0.465 e. The third-order valence-corrected chi connectivity index (χ3v) is 6.35. The number of aryl methyl sites for hydroxylation is 1. The average molecular weight is 399 g/mol. The molecule has 1 N–H and O–H groups in total. The van der Waals surface area contributed by atoms with Crippen LogP contribution in [0.3, 0.4) is 0 Å². The fourth-order valence-corrected chi connectivity index (χ4v) is 4.93. The number of methoxy groups -OCH3 is 1. The quantitative estimate of drug-likeness (QED) is 0.778. The standard InChI is InChI=1S/C16H19ClN4O4S/c1-20-5-4-19-15(20)14-10-18-3-6-21(14)26(23,24)13-8-11(16(22)25-2)7-12(17)9-13/h4-5,7-9,14,18H,3,6,10H2,1-2H3. The van der Waals surface area contributed by atoms with Crippen LogP contribution in [-0.4, -0.2) is 55.0 Å². The Balaban J connectivity index is 2.05. The van der Waals surface area contributed by atoms with Crippen molar-refractivity contribution in [1.29, 1.82) is 0 Å². The first-order valence-corrected chi connectivity index (χ1v) is 9.75. The normalized spacial score (nSPS) is 18.7. The molecule has 2 aromatic rings. The number of ether oxygens (including phenoxy) is 1. The monoisotopic (exact) mass is 398 g/mol. The van der Waals surface area contributed by atoms with Gasteiger partial charge in [-0.25, -0.2) is 18.2 Å². The predicted molar refractivity (Wildman–Crippen MR) is 95.5 cm³/mol. The molecule has 0 amide bonds. The largest absolute Gasteiger partial charge is 0.465 e. The van der Waals surface area contributed by atoms with Crippen LogP contribution < -0.4 is 5.32 Å². The Labute approximate surface area is 156 Å². The molecule has 0 bridgehead atoms. The fraction of sp³-hybridized carbons (Fsp3) is 0.375. The van der Waals surface area contributed by atoms with Gasteiger partial charge in [-0.1, -0.05) is 11.6 Å². The molecule has 1 aliphatic rings. The maximum absolute atomic E-state index is 13.3. The SMILES string of the molecule is COC(=O)c1cc(Cl)cc(S(=O)(=O)N2CCNCC2c2nccn2C)c1. The van der Waals surface area contributed by atoms with Crippen LogP contribution in [0.25, 0.3) is 0 Å². The molecule has 2 heterocycles. The second kappa shape index (κ2) is 7.36. The Bertz CT molecular complexity index is 928. The van der Waals surface area contributed by atoms with E-state index in [1.807, 2.05) is 7.05 Å². The molecular weight excluding hydrogens is 380 g/mol. The summed E-state index contributed by atoms with van der Waals surface area (Å²) in [7, 11) is -0.850. The summed E-state index contributed by atoms with van der Waals surface area (Å²) < 4.78 is 34.4. The van der Waals surface area contributed by atoms with Gasteiger partial charge in [0.15, 0.2) is 0 Å². The summed E-state index contributed by atoms with van der Waals surface area (Å²) in [4.78, 5) is 16.0. The van der Waals surface area contributed by atoms with Crippen LogP contribution in [0.4, 0.5) is 0 Å². The first-order valence-electron chi connectivity index (χ1n) is 7.93. The molecule has 1 aromatic heterocycles. The minimum atomic E-state index is -3.89. The number of imidazole rings is 1. The van der Waals surface area contributed by atoms with Crippen molar-refractivity contribution in [2.24, 2.45) is 7.05 Å². The highest BCUT2D eigenvalue weighted by molar-refractivity contribution is 7.89.